The lowest BCUT2D eigenvalue weighted by atomic mass is 10.1. The van der Waals surface area contributed by atoms with Crippen LogP contribution in [0.5, 0.6) is 0 Å². The first-order valence-electron chi connectivity index (χ1n) is 5.23. The molecule has 1 heterocycles. The lowest BCUT2D eigenvalue weighted by Crippen LogP contribution is -2.03. The van der Waals surface area contributed by atoms with Crippen LogP contribution < -0.4 is 5.73 Å². The molecule has 0 aliphatic carbocycles. The van der Waals surface area contributed by atoms with E-state index in [1.807, 2.05) is 6.07 Å². The molecule has 0 radical (unpaired) electrons. The van der Waals surface area contributed by atoms with Crippen molar-refractivity contribution < 1.29 is 4.39 Å². The fraction of sp³-hybridized carbons (Fsp3) is 0.250. The van der Waals surface area contributed by atoms with Gasteiger partial charge in [-0.1, -0.05) is 0 Å². The summed E-state index contributed by atoms with van der Waals surface area (Å²) in [7, 11) is 0. The first kappa shape index (κ1) is 12.7. The van der Waals surface area contributed by atoms with Gasteiger partial charge in [0.2, 0.25) is 0 Å². The van der Waals surface area contributed by atoms with Gasteiger partial charge in [-0.15, -0.1) is 11.3 Å². The van der Waals surface area contributed by atoms with E-state index in [4.69, 9.17) is 5.73 Å². The Morgan fingerprint density at radius 1 is 1.47 bits per heavy atom. The Bertz CT molecular complexity index is 539. The number of rotatable bonds is 3. The van der Waals surface area contributed by atoms with Crippen molar-refractivity contribution in [3.63, 3.8) is 0 Å². The lowest BCUT2D eigenvalue weighted by molar-refractivity contribution is 0.619. The van der Waals surface area contributed by atoms with Gasteiger partial charge in [0.25, 0.3) is 0 Å². The van der Waals surface area contributed by atoms with Crippen LogP contribution in [-0.2, 0) is 6.42 Å². The summed E-state index contributed by atoms with van der Waals surface area (Å²) in [5.41, 5.74) is 8.06. The maximum atomic E-state index is 13.2. The summed E-state index contributed by atoms with van der Waals surface area (Å²) < 4.78 is 14.2. The van der Waals surface area contributed by atoms with Crippen LogP contribution in [0.15, 0.2) is 22.0 Å². The molecule has 90 valence electrons. The Morgan fingerprint density at radius 3 is 2.88 bits per heavy atom. The average molecular weight is 315 g/mol. The monoisotopic (exact) mass is 314 g/mol. The van der Waals surface area contributed by atoms with Gasteiger partial charge in [-0.3, -0.25) is 0 Å². The smallest absolute Gasteiger partial charge is 0.126 e. The molecule has 0 saturated heterocycles. The van der Waals surface area contributed by atoms with Crippen LogP contribution in [-0.4, -0.2) is 11.5 Å². The maximum absolute atomic E-state index is 13.2. The molecule has 0 fully saturated rings. The molecule has 0 amide bonds. The third-order valence-corrected chi connectivity index (χ3v) is 4.31. The van der Waals surface area contributed by atoms with Gasteiger partial charge in [-0.25, -0.2) is 9.37 Å². The van der Waals surface area contributed by atoms with Crippen molar-refractivity contribution in [3.8, 4) is 10.6 Å². The molecule has 2 aromatic rings. The van der Waals surface area contributed by atoms with Crippen molar-refractivity contribution in [2.45, 2.75) is 13.3 Å². The van der Waals surface area contributed by atoms with Crippen LogP contribution >= 0.6 is 27.3 Å². The number of aryl methyl sites for hydroxylation is 1. The van der Waals surface area contributed by atoms with E-state index in [1.54, 1.807) is 24.3 Å². The lowest BCUT2D eigenvalue weighted by Gasteiger charge is -1.99. The highest BCUT2D eigenvalue weighted by Gasteiger charge is 2.10. The van der Waals surface area contributed by atoms with Crippen molar-refractivity contribution in [2.75, 3.05) is 6.54 Å². The summed E-state index contributed by atoms with van der Waals surface area (Å²) in [6, 6.07) is 5.04. The standard InChI is InChI=1S/C12H12BrFN2S/c1-7-6-8(2-3-9(7)14)12-16-10(4-5-15)11(13)17-12/h2-3,6H,4-5,15H2,1H3. The molecular formula is C12H12BrFN2S. The molecule has 5 heteroatoms. The van der Waals surface area contributed by atoms with Crippen LogP contribution in [0.2, 0.25) is 0 Å². The fourth-order valence-corrected chi connectivity index (χ4v) is 3.11. The number of hydrogen-bond acceptors (Lipinski definition) is 3. The molecule has 0 aliphatic heterocycles. The maximum Gasteiger partial charge on any atom is 0.126 e. The summed E-state index contributed by atoms with van der Waals surface area (Å²) in [5, 5.41) is 0.892. The van der Waals surface area contributed by atoms with E-state index in [9.17, 15) is 4.39 Å². The normalized spacial score (nSPS) is 10.8. The van der Waals surface area contributed by atoms with Crippen LogP contribution in [0.1, 0.15) is 11.3 Å². The van der Waals surface area contributed by atoms with Crippen LogP contribution in [0, 0.1) is 12.7 Å². The summed E-state index contributed by atoms with van der Waals surface area (Å²) in [6.45, 7) is 2.33. The zero-order valence-corrected chi connectivity index (χ0v) is 11.7. The van der Waals surface area contributed by atoms with Crippen LogP contribution in [0.4, 0.5) is 4.39 Å². The van der Waals surface area contributed by atoms with E-state index >= 15 is 0 Å². The zero-order valence-electron chi connectivity index (χ0n) is 9.34. The van der Waals surface area contributed by atoms with Crippen molar-refractivity contribution in [2.24, 2.45) is 5.73 Å². The van der Waals surface area contributed by atoms with Gasteiger partial charge in [-0.05, 0) is 53.2 Å². The third kappa shape index (κ3) is 2.73. The molecular weight excluding hydrogens is 303 g/mol. The number of nitrogens with zero attached hydrogens (tertiary/aromatic N) is 1. The summed E-state index contributed by atoms with van der Waals surface area (Å²) in [4.78, 5) is 4.51. The number of hydrogen-bond donors (Lipinski definition) is 1. The molecule has 0 aliphatic rings. The number of benzene rings is 1. The Morgan fingerprint density at radius 2 is 2.24 bits per heavy atom. The number of halogens is 2. The van der Waals surface area contributed by atoms with E-state index in [-0.39, 0.29) is 5.82 Å². The Balaban J connectivity index is 2.39. The molecule has 2 nitrogen and oxygen atoms in total. The number of aromatic nitrogens is 1. The highest BCUT2D eigenvalue weighted by molar-refractivity contribution is 9.11. The molecule has 17 heavy (non-hydrogen) atoms. The minimum atomic E-state index is -0.188. The molecule has 0 bridgehead atoms. The fourth-order valence-electron chi connectivity index (χ4n) is 1.53. The predicted octanol–water partition coefficient (Wildman–Crippen LogP) is 3.52. The van der Waals surface area contributed by atoms with Crippen molar-refractivity contribution >= 4 is 27.3 Å². The Kier molecular flexibility index (Phi) is 3.91. The second kappa shape index (κ2) is 5.25. The first-order valence-corrected chi connectivity index (χ1v) is 6.84. The molecule has 2 N–H and O–H groups in total. The topological polar surface area (TPSA) is 38.9 Å². The third-order valence-electron chi connectivity index (χ3n) is 2.44. The average Bonchev–Trinajstić information content (AvgIpc) is 2.65. The van der Waals surface area contributed by atoms with Crippen molar-refractivity contribution in [1.29, 1.82) is 0 Å². The largest absolute Gasteiger partial charge is 0.330 e. The second-order valence-electron chi connectivity index (χ2n) is 3.74. The van der Waals surface area contributed by atoms with E-state index in [2.05, 4.69) is 20.9 Å². The van der Waals surface area contributed by atoms with E-state index in [1.165, 1.54) is 6.07 Å². The minimum absolute atomic E-state index is 0.188. The van der Waals surface area contributed by atoms with Gasteiger partial charge in [0.05, 0.1) is 9.48 Å². The summed E-state index contributed by atoms with van der Waals surface area (Å²) in [5.74, 6) is -0.188. The molecule has 0 spiro atoms. The first-order chi connectivity index (χ1) is 8.11. The summed E-state index contributed by atoms with van der Waals surface area (Å²) >= 11 is 5.02. The van der Waals surface area contributed by atoms with Gasteiger partial charge in [-0.2, -0.15) is 0 Å². The highest BCUT2D eigenvalue weighted by Crippen LogP contribution is 2.32. The molecule has 0 saturated carbocycles. The van der Waals surface area contributed by atoms with E-state index in [0.29, 0.717) is 12.1 Å². The number of thiazole rings is 1. The van der Waals surface area contributed by atoms with Gasteiger partial charge >= 0.3 is 0 Å². The van der Waals surface area contributed by atoms with Crippen molar-refractivity contribution in [3.05, 3.63) is 39.1 Å². The predicted molar refractivity (Wildman–Crippen MR) is 72.7 cm³/mol. The van der Waals surface area contributed by atoms with Gasteiger partial charge in [0.1, 0.15) is 10.8 Å². The summed E-state index contributed by atoms with van der Waals surface area (Å²) in [6.07, 6.45) is 0.747. The number of nitrogens with two attached hydrogens (primary N) is 1. The van der Waals surface area contributed by atoms with Crippen LogP contribution in [0.3, 0.4) is 0 Å². The van der Waals surface area contributed by atoms with Crippen LogP contribution in [0.25, 0.3) is 10.6 Å². The zero-order chi connectivity index (χ0) is 12.4. The Hall–Kier alpha value is -0.780. The molecule has 0 atom stereocenters. The molecule has 2 rings (SSSR count). The second-order valence-corrected chi connectivity index (χ2v) is 6.06. The van der Waals surface area contributed by atoms with Gasteiger partial charge in [0.15, 0.2) is 0 Å². The Labute approximate surface area is 112 Å². The van der Waals surface area contributed by atoms with E-state index in [0.717, 1.165) is 26.5 Å². The van der Waals surface area contributed by atoms with E-state index < -0.39 is 0 Å². The minimum Gasteiger partial charge on any atom is -0.330 e. The van der Waals surface area contributed by atoms with Gasteiger partial charge in [0, 0.05) is 12.0 Å². The molecule has 1 aromatic heterocycles. The SMILES string of the molecule is Cc1cc(-c2nc(CCN)c(Br)s2)ccc1F. The van der Waals surface area contributed by atoms with Gasteiger partial charge < -0.3 is 5.73 Å². The molecule has 0 unspecified atom stereocenters. The van der Waals surface area contributed by atoms with Crippen molar-refractivity contribution in [1.82, 2.24) is 4.98 Å². The molecule has 1 aromatic carbocycles. The quantitative estimate of drug-likeness (QED) is 0.941. The highest BCUT2D eigenvalue weighted by atomic mass is 79.9.